The number of hydrogen-bond donors (Lipinski definition) is 0. The SMILES string of the molecule is CCCCCCCOc1ccc(-c2ccc3c(F)c(CCc4ccc(OCC(F)(F)F)c(F)c4)ccc3c2)c(F)c1. The first kappa shape index (κ1) is 30.3. The third-order valence-electron chi connectivity index (χ3n) is 6.87. The molecule has 0 fully saturated rings. The maximum atomic E-state index is 15.3. The molecular weight excluding hydrogens is 542 g/mol. The van der Waals surface area contributed by atoms with Gasteiger partial charge in [0, 0.05) is 17.0 Å². The number of aryl methyl sites for hydroxylation is 2. The van der Waals surface area contributed by atoms with E-state index in [0.717, 1.165) is 31.4 Å². The van der Waals surface area contributed by atoms with E-state index in [9.17, 15) is 22.0 Å². The van der Waals surface area contributed by atoms with Crippen molar-refractivity contribution in [3.05, 3.63) is 95.3 Å². The summed E-state index contributed by atoms with van der Waals surface area (Å²) < 4.78 is 91.6. The average molecular weight is 575 g/mol. The fraction of sp³-hybridized carbons (Fsp3) is 0.333. The summed E-state index contributed by atoms with van der Waals surface area (Å²) in [5.74, 6) is -1.78. The maximum absolute atomic E-state index is 15.3. The summed E-state index contributed by atoms with van der Waals surface area (Å²) in [7, 11) is 0. The highest BCUT2D eigenvalue weighted by Gasteiger charge is 2.29. The van der Waals surface area contributed by atoms with Crippen molar-refractivity contribution < 1.29 is 35.8 Å². The summed E-state index contributed by atoms with van der Waals surface area (Å²) in [5, 5.41) is 0.976. The van der Waals surface area contributed by atoms with Gasteiger partial charge in [0.1, 0.15) is 17.4 Å². The topological polar surface area (TPSA) is 18.5 Å². The number of fused-ring (bicyclic) bond motifs is 1. The minimum absolute atomic E-state index is 0.250. The minimum atomic E-state index is -4.57. The molecule has 0 aromatic heterocycles. The van der Waals surface area contributed by atoms with Crippen molar-refractivity contribution in [3.63, 3.8) is 0 Å². The van der Waals surface area contributed by atoms with Crippen LogP contribution in [0, 0.1) is 17.5 Å². The highest BCUT2D eigenvalue weighted by Crippen LogP contribution is 2.31. The van der Waals surface area contributed by atoms with Crippen molar-refractivity contribution in [3.8, 4) is 22.6 Å². The molecule has 0 radical (unpaired) electrons. The van der Waals surface area contributed by atoms with Gasteiger partial charge in [0.05, 0.1) is 6.61 Å². The van der Waals surface area contributed by atoms with Crippen molar-refractivity contribution in [2.75, 3.05) is 13.2 Å². The summed E-state index contributed by atoms with van der Waals surface area (Å²) >= 11 is 0. The van der Waals surface area contributed by atoms with Crippen molar-refractivity contribution in [1.29, 1.82) is 0 Å². The third-order valence-corrected chi connectivity index (χ3v) is 6.87. The molecule has 4 rings (SSSR count). The van der Waals surface area contributed by atoms with Crippen LogP contribution in [0.1, 0.15) is 50.2 Å². The van der Waals surface area contributed by atoms with Crippen molar-refractivity contribution >= 4 is 10.8 Å². The van der Waals surface area contributed by atoms with Crippen LogP contribution in [0.2, 0.25) is 0 Å². The number of rotatable bonds is 13. The van der Waals surface area contributed by atoms with Gasteiger partial charge in [0.25, 0.3) is 0 Å². The molecule has 4 aromatic carbocycles. The molecule has 8 heteroatoms. The van der Waals surface area contributed by atoms with Gasteiger partial charge in [0.15, 0.2) is 18.2 Å². The van der Waals surface area contributed by atoms with Gasteiger partial charge >= 0.3 is 6.18 Å². The number of alkyl halides is 3. The zero-order valence-corrected chi connectivity index (χ0v) is 22.8. The summed E-state index contributed by atoms with van der Waals surface area (Å²) in [4.78, 5) is 0. The van der Waals surface area contributed by atoms with E-state index in [2.05, 4.69) is 11.7 Å². The minimum Gasteiger partial charge on any atom is -0.493 e. The Morgan fingerprint density at radius 2 is 1.51 bits per heavy atom. The lowest BCUT2D eigenvalue weighted by atomic mass is 9.97. The van der Waals surface area contributed by atoms with Gasteiger partial charge in [-0.05, 0) is 71.7 Å². The van der Waals surface area contributed by atoms with E-state index in [0.29, 0.717) is 45.4 Å². The summed E-state index contributed by atoms with van der Waals surface area (Å²) in [6.07, 6.45) is 1.49. The molecule has 0 aliphatic carbocycles. The lowest BCUT2D eigenvalue weighted by Gasteiger charge is -2.12. The molecule has 0 saturated carbocycles. The smallest absolute Gasteiger partial charge is 0.422 e. The van der Waals surface area contributed by atoms with Gasteiger partial charge in [-0.15, -0.1) is 0 Å². The predicted molar refractivity (Wildman–Crippen MR) is 149 cm³/mol. The third kappa shape index (κ3) is 8.41. The van der Waals surface area contributed by atoms with E-state index in [1.54, 1.807) is 42.5 Å². The van der Waals surface area contributed by atoms with E-state index in [1.165, 1.54) is 25.0 Å². The summed E-state index contributed by atoms with van der Waals surface area (Å²) in [6.45, 7) is 1.11. The van der Waals surface area contributed by atoms with E-state index < -0.39 is 36.0 Å². The number of benzene rings is 4. The van der Waals surface area contributed by atoms with Crippen LogP contribution in [0.3, 0.4) is 0 Å². The Morgan fingerprint density at radius 3 is 2.24 bits per heavy atom. The van der Waals surface area contributed by atoms with Crippen LogP contribution in [-0.2, 0) is 12.8 Å². The Hall–Kier alpha value is -3.68. The number of halogens is 6. The number of hydrogen-bond acceptors (Lipinski definition) is 2. The van der Waals surface area contributed by atoms with E-state index >= 15 is 4.39 Å². The molecule has 0 heterocycles. The molecule has 0 amide bonds. The molecule has 4 aromatic rings. The maximum Gasteiger partial charge on any atom is 0.422 e. The highest BCUT2D eigenvalue weighted by molar-refractivity contribution is 5.88. The second-order valence-electron chi connectivity index (χ2n) is 10.0. The molecule has 0 aliphatic heterocycles. The quantitative estimate of drug-likeness (QED) is 0.117. The van der Waals surface area contributed by atoms with Gasteiger partial charge in [-0.2, -0.15) is 13.2 Å². The molecule has 0 N–H and O–H groups in total. The van der Waals surface area contributed by atoms with E-state index in [1.807, 2.05) is 0 Å². The summed E-state index contributed by atoms with van der Waals surface area (Å²) in [5.41, 5.74) is 1.90. The fourth-order valence-electron chi connectivity index (χ4n) is 4.67. The van der Waals surface area contributed by atoms with Crippen molar-refractivity contribution in [2.45, 2.75) is 58.0 Å². The largest absolute Gasteiger partial charge is 0.493 e. The molecule has 0 bridgehead atoms. The number of unbranched alkanes of at least 4 members (excludes halogenated alkanes) is 4. The Bertz CT molecular complexity index is 1460. The monoisotopic (exact) mass is 574 g/mol. The zero-order chi connectivity index (χ0) is 29.4. The Labute approximate surface area is 235 Å². The second-order valence-corrected chi connectivity index (χ2v) is 10.0. The van der Waals surface area contributed by atoms with Crippen LogP contribution in [0.25, 0.3) is 21.9 Å². The predicted octanol–water partition coefficient (Wildman–Crippen LogP) is 10.00. The zero-order valence-electron chi connectivity index (χ0n) is 22.8. The molecule has 0 aliphatic rings. The first-order chi connectivity index (χ1) is 19.6. The fourth-order valence-corrected chi connectivity index (χ4v) is 4.67. The van der Waals surface area contributed by atoms with Crippen LogP contribution in [0.5, 0.6) is 11.5 Å². The van der Waals surface area contributed by atoms with Crippen LogP contribution in [0.4, 0.5) is 26.3 Å². The van der Waals surface area contributed by atoms with Gasteiger partial charge in [0.2, 0.25) is 0 Å². The molecule has 0 saturated heterocycles. The lowest BCUT2D eigenvalue weighted by molar-refractivity contribution is -0.153. The van der Waals surface area contributed by atoms with Gasteiger partial charge in [-0.1, -0.05) is 62.9 Å². The molecule has 0 spiro atoms. The normalized spacial score (nSPS) is 11.7. The van der Waals surface area contributed by atoms with Crippen LogP contribution >= 0.6 is 0 Å². The number of ether oxygens (including phenoxy) is 2. The van der Waals surface area contributed by atoms with Gasteiger partial charge < -0.3 is 9.47 Å². The van der Waals surface area contributed by atoms with Crippen LogP contribution in [0.15, 0.2) is 66.7 Å². The molecule has 218 valence electrons. The highest BCUT2D eigenvalue weighted by atomic mass is 19.4. The van der Waals surface area contributed by atoms with Crippen molar-refractivity contribution in [1.82, 2.24) is 0 Å². The van der Waals surface area contributed by atoms with E-state index in [-0.39, 0.29) is 12.8 Å². The molecule has 0 unspecified atom stereocenters. The van der Waals surface area contributed by atoms with Gasteiger partial charge in [-0.25, -0.2) is 13.2 Å². The van der Waals surface area contributed by atoms with Crippen LogP contribution in [-0.4, -0.2) is 19.4 Å². The summed E-state index contributed by atoms with van der Waals surface area (Å²) in [6, 6.07) is 16.8. The molecule has 2 nitrogen and oxygen atoms in total. The van der Waals surface area contributed by atoms with Crippen molar-refractivity contribution in [2.24, 2.45) is 0 Å². The Morgan fingerprint density at radius 1 is 0.707 bits per heavy atom. The average Bonchev–Trinajstić information content (AvgIpc) is 2.93. The van der Waals surface area contributed by atoms with Gasteiger partial charge in [-0.3, -0.25) is 0 Å². The molecule has 0 atom stereocenters. The molecule has 41 heavy (non-hydrogen) atoms. The Balaban J connectivity index is 1.40. The lowest BCUT2D eigenvalue weighted by Crippen LogP contribution is -2.19. The van der Waals surface area contributed by atoms with E-state index in [4.69, 9.17) is 4.74 Å². The standard InChI is InChI=1S/C33H32F6O2/c1-2-3-4-5-6-17-40-26-13-15-27(29(34)20-26)24-12-14-28-25(19-24)11-10-23(32(28)36)9-7-22-8-16-31(30(35)18-22)41-21-33(37,38)39/h8,10-16,18-20H,2-7,9,17,21H2,1H3. The van der Waals surface area contributed by atoms with Crippen LogP contribution < -0.4 is 9.47 Å². The first-order valence-electron chi connectivity index (χ1n) is 13.8. The first-order valence-corrected chi connectivity index (χ1v) is 13.8. The Kier molecular flexibility index (Phi) is 10.2. The molecular formula is C33H32F6O2. The second kappa shape index (κ2) is 13.8.